The Morgan fingerprint density at radius 3 is 1.88 bits per heavy atom. The number of benzene rings is 1. The molecule has 0 fully saturated rings. The summed E-state index contributed by atoms with van der Waals surface area (Å²) in [5, 5.41) is 0. The summed E-state index contributed by atoms with van der Waals surface area (Å²) in [7, 11) is 0. The summed E-state index contributed by atoms with van der Waals surface area (Å²) in [6.45, 7) is 20.3. The smallest absolute Gasteiger partial charge is 0.311 e. The highest BCUT2D eigenvalue weighted by molar-refractivity contribution is 5.73. The molecule has 0 N–H and O–H groups in total. The lowest BCUT2D eigenvalue weighted by molar-refractivity contribution is -0.134. The molecule has 0 atom stereocenters. The molecule has 1 aromatic rings. The molecule has 0 aromatic heterocycles. The van der Waals surface area contributed by atoms with Crippen molar-refractivity contribution in [3.63, 3.8) is 0 Å². The number of rotatable bonds is 7. The Balaban J connectivity index is -0.000000725. The van der Waals surface area contributed by atoms with Crippen molar-refractivity contribution < 1.29 is 9.53 Å². The molecule has 0 saturated carbocycles. The maximum absolute atomic E-state index is 11.8. The summed E-state index contributed by atoms with van der Waals surface area (Å²) in [4.78, 5) is 11.8. The number of carbonyl (C=O) groups is 1. The summed E-state index contributed by atoms with van der Waals surface area (Å²) in [5.74, 6) is 0.612. The maximum atomic E-state index is 11.8. The van der Waals surface area contributed by atoms with Gasteiger partial charge in [0.15, 0.2) is 0 Å². The van der Waals surface area contributed by atoms with Crippen molar-refractivity contribution in [2.24, 2.45) is 0 Å². The Bertz CT molecular complexity index is 422. The van der Waals surface area contributed by atoms with E-state index in [2.05, 4.69) is 13.0 Å². The molecule has 0 amide bonds. The highest BCUT2D eigenvalue weighted by atomic mass is 16.5. The first-order valence-electron chi connectivity index (χ1n) is 10.3. The van der Waals surface area contributed by atoms with Crippen LogP contribution in [0.5, 0.6) is 5.75 Å². The number of carbonyl (C=O) groups excluding carboxylic acids is 1. The first-order valence-corrected chi connectivity index (χ1v) is 10.3. The molecule has 0 saturated heterocycles. The molecule has 1 rings (SSSR count). The van der Waals surface area contributed by atoms with Crippen LogP contribution < -0.4 is 4.74 Å². The van der Waals surface area contributed by atoms with Crippen LogP contribution in [0, 0.1) is 20.8 Å². The lowest BCUT2D eigenvalue weighted by Gasteiger charge is -2.10. The summed E-state index contributed by atoms with van der Waals surface area (Å²) < 4.78 is 5.47. The minimum atomic E-state index is -0.107. The molecule has 0 aliphatic carbocycles. The fourth-order valence-electron chi connectivity index (χ4n) is 2.15. The zero-order valence-electron chi connectivity index (χ0n) is 18.7. The van der Waals surface area contributed by atoms with Crippen LogP contribution in [0.1, 0.15) is 104 Å². The lowest BCUT2D eigenvalue weighted by atomic mass is 10.1. The first kappa shape index (κ1) is 28.5. The van der Waals surface area contributed by atoms with E-state index < -0.39 is 0 Å². The number of ether oxygens (including phenoxy) is 1. The Hall–Kier alpha value is -1.31. The topological polar surface area (TPSA) is 26.3 Å². The average Bonchev–Trinajstić information content (AvgIpc) is 2.64. The second kappa shape index (κ2) is 20.7. The van der Waals surface area contributed by atoms with Crippen molar-refractivity contribution in [1.29, 1.82) is 0 Å². The molecule has 0 radical (unpaired) electrons. The summed E-state index contributed by atoms with van der Waals surface area (Å²) in [6, 6.07) is 4.05. The first-order chi connectivity index (χ1) is 12.0. The molecular formula is C23H44O2. The van der Waals surface area contributed by atoms with E-state index in [4.69, 9.17) is 4.74 Å². The van der Waals surface area contributed by atoms with Crippen LogP contribution in [0.4, 0.5) is 0 Å². The van der Waals surface area contributed by atoms with Gasteiger partial charge in [0.05, 0.1) is 0 Å². The molecule has 2 heteroatoms. The second-order valence-electron chi connectivity index (χ2n) is 5.34. The highest BCUT2D eigenvalue weighted by Gasteiger charge is 2.09. The number of hydrogen-bond acceptors (Lipinski definition) is 2. The van der Waals surface area contributed by atoms with Gasteiger partial charge in [-0.2, -0.15) is 0 Å². The number of esters is 1. The van der Waals surface area contributed by atoms with Gasteiger partial charge >= 0.3 is 5.97 Å². The highest BCUT2D eigenvalue weighted by Crippen LogP contribution is 2.23. The molecule has 0 heterocycles. The normalized spacial score (nSPS) is 8.72. The van der Waals surface area contributed by atoms with Crippen LogP contribution in [-0.2, 0) is 4.79 Å². The van der Waals surface area contributed by atoms with Gasteiger partial charge in [0, 0.05) is 6.42 Å². The number of aryl methyl sites for hydroxylation is 2. The average molecular weight is 353 g/mol. The quantitative estimate of drug-likeness (QED) is 0.282. The van der Waals surface area contributed by atoms with Gasteiger partial charge in [0.2, 0.25) is 0 Å². The second-order valence-corrected chi connectivity index (χ2v) is 5.34. The van der Waals surface area contributed by atoms with E-state index in [0.717, 1.165) is 29.7 Å². The molecule has 25 heavy (non-hydrogen) atoms. The van der Waals surface area contributed by atoms with E-state index >= 15 is 0 Å². The molecule has 0 unspecified atom stereocenters. The fourth-order valence-corrected chi connectivity index (χ4v) is 2.15. The maximum Gasteiger partial charge on any atom is 0.311 e. The van der Waals surface area contributed by atoms with E-state index in [1.54, 1.807) is 0 Å². The van der Waals surface area contributed by atoms with Gasteiger partial charge in [0.25, 0.3) is 0 Å². The van der Waals surface area contributed by atoms with Crippen molar-refractivity contribution in [3.05, 3.63) is 28.8 Å². The Morgan fingerprint density at radius 1 is 0.840 bits per heavy atom. The summed E-state index contributed by atoms with van der Waals surface area (Å²) in [6.07, 6.45) is 6.28. The zero-order chi connectivity index (χ0) is 20.3. The van der Waals surface area contributed by atoms with Gasteiger partial charge in [-0.3, -0.25) is 4.79 Å². The molecule has 0 aliphatic rings. The van der Waals surface area contributed by atoms with Gasteiger partial charge in [-0.25, -0.2) is 0 Å². The third kappa shape index (κ3) is 14.7. The van der Waals surface area contributed by atoms with Gasteiger partial charge in [0.1, 0.15) is 5.75 Å². The third-order valence-corrected chi connectivity index (χ3v) is 3.47. The molecule has 0 aliphatic heterocycles. The van der Waals surface area contributed by atoms with E-state index in [9.17, 15) is 4.79 Å². The van der Waals surface area contributed by atoms with Gasteiger partial charge in [-0.1, -0.05) is 80.2 Å². The van der Waals surface area contributed by atoms with E-state index in [1.165, 1.54) is 24.8 Å². The summed E-state index contributed by atoms with van der Waals surface area (Å²) in [5.41, 5.74) is 3.37. The standard InChI is InChI=1S/C17H26O2.3C2H6/c1-5-6-7-8-9-10-17(18)19-16-12-13(2)11-14(3)15(16)4;3*1-2/h11-12H,5-10H2,1-4H3;3*1-2H3. The van der Waals surface area contributed by atoms with Crippen molar-refractivity contribution in [3.8, 4) is 5.75 Å². The Labute approximate surface area is 158 Å². The van der Waals surface area contributed by atoms with Gasteiger partial charge in [-0.15, -0.1) is 0 Å². The van der Waals surface area contributed by atoms with Crippen molar-refractivity contribution in [1.82, 2.24) is 0 Å². The van der Waals surface area contributed by atoms with E-state index in [1.807, 2.05) is 68.4 Å². The van der Waals surface area contributed by atoms with Crippen LogP contribution in [0.3, 0.4) is 0 Å². The minimum absolute atomic E-state index is 0.107. The van der Waals surface area contributed by atoms with Crippen LogP contribution in [-0.4, -0.2) is 5.97 Å². The predicted octanol–water partition coefficient (Wildman–Crippen LogP) is 7.96. The molecular weight excluding hydrogens is 308 g/mol. The fraction of sp³-hybridized carbons (Fsp3) is 0.696. The van der Waals surface area contributed by atoms with Crippen LogP contribution in [0.25, 0.3) is 0 Å². The largest absolute Gasteiger partial charge is 0.426 e. The number of hydrogen-bond donors (Lipinski definition) is 0. The molecule has 0 bridgehead atoms. The SMILES string of the molecule is CC.CC.CC.CCCCCCCC(=O)Oc1cc(C)cc(C)c1C. The minimum Gasteiger partial charge on any atom is -0.426 e. The molecule has 2 nitrogen and oxygen atoms in total. The van der Waals surface area contributed by atoms with Crippen molar-refractivity contribution >= 4 is 5.97 Å². The van der Waals surface area contributed by atoms with Crippen LogP contribution in [0.15, 0.2) is 12.1 Å². The summed E-state index contributed by atoms with van der Waals surface area (Å²) >= 11 is 0. The van der Waals surface area contributed by atoms with E-state index in [-0.39, 0.29) is 5.97 Å². The predicted molar refractivity (Wildman–Crippen MR) is 114 cm³/mol. The zero-order valence-corrected chi connectivity index (χ0v) is 18.7. The number of unbranched alkanes of at least 4 members (excludes halogenated alkanes) is 4. The van der Waals surface area contributed by atoms with Crippen molar-refractivity contribution in [2.45, 2.75) is 108 Å². The Kier molecular flexibility index (Phi) is 23.6. The van der Waals surface area contributed by atoms with Gasteiger partial charge < -0.3 is 4.74 Å². The Morgan fingerprint density at radius 2 is 1.36 bits per heavy atom. The van der Waals surface area contributed by atoms with Crippen LogP contribution >= 0.6 is 0 Å². The van der Waals surface area contributed by atoms with Crippen molar-refractivity contribution in [2.75, 3.05) is 0 Å². The lowest BCUT2D eigenvalue weighted by Crippen LogP contribution is -2.09. The third-order valence-electron chi connectivity index (χ3n) is 3.47. The molecule has 1 aromatic carbocycles. The van der Waals surface area contributed by atoms with E-state index in [0.29, 0.717) is 6.42 Å². The van der Waals surface area contributed by atoms with Gasteiger partial charge in [-0.05, 0) is 49.9 Å². The molecule has 148 valence electrons. The monoisotopic (exact) mass is 352 g/mol. The van der Waals surface area contributed by atoms with Crippen LogP contribution in [0.2, 0.25) is 0 Å². The molecule has 0 spiro atoms.